The summed E-state index contributed by atoms with van der Waals surface area (Å²) < 4.78 is 6.46. The third-order valence-corrected chi connectivity index (χ3v) is 10.4. The van der Waals surface area contributed by atoms with Crippen LogP contribution >= 0.6 is 0 Å². The minimum Gasteiger partial charge on any atom is -0.456 e. The van der Waals surface area contributed by atoms with Gasteiger partial charge in [0, 0.05) is 27.8 Å². The highest BCUT2D eigenvalue weighted by atomic mass is 16.3. The minimum absolute atomic E-state index is 0.902. The van der Waals surface area contributed by atoms with Crippen LogP contribution in [-0.2, 0) is 0 Å². The maximum Gasteiger partial charge on any atom is 0.136 e. The SMILES string of the molecule is c1ccc(-c2cc(-c3ccccc3)cc(N(c3ccccc3)c3ccc(-c4cccc5c4ccc4oc6cccc(-c7ccccc7)c6c45)cc3)c2)cc1. The van der Waals surface area contributed by atoms with Crippen molar-refractivity contribution in [1.82, 2.24) is 0 Å². The Balaban J connectivity index is 1.11. The molecular weight excluding hydrogens is 655 g/mol. The van der Waals surface area contributed by atoms with Crippen molar-refractivity contribution in [1.29, 1.82) is 0 Å². The molecule has 254 valence electrons. The van der Waals surface area contributed by atoms with Gasteiger partial charge in [-0.25, -0.2) is 0 Å². The predicted octanol–water partition coefficient (Wildman–Crippen LogP) is 14.9. The second-order valence-electron chi connectivity index (χ2n) is 13.7. The van der Waals surface area contributed by atoms with Crippen molar-refractivity contribution in [3.8, 4) is 44.5 Å². The van der Waals surface area contributed by atoms with Crippen LogP contribution in [0.2, 0.25) is 0 Å². The molecular formula is C52H35NO. The van der Waals surface area contributed by atoms with E-state index in [1.807, 2.05) is 0 Å². The molecule has 2 heteroatoms. The smallest absolute Gasteiger partial charge is 0.136 e. The van der Waals surface area contributed by atoms with Crippen molar-refractivity contribution < 1.29 is 4.42 Å². The van der Waals surface area contributed by atoms with Gasteiger partial charge in [0.15, 0.2) is 0 Å². The van der Waals surface area contributed by atoms with Crippen LogP contribution in [0.5, 0.6) is 0 Å². The predicted molar refractivity (Wildman–Crippen MR) is 228 cm³/mol. The van der Waals surface area contributed by atoms with Gasteiger partial charge >= 0.3 is 0 Å². The quantitative estimate of drug-likeness (QED) is 0.166. The number of anilines is 3. The number of hydrogen-bond donors (Lipinski definition) is 0. The summed E-state index contributed by atoms with van der Waals surface area (Å²) in [5, 5.41) is 4.70. The van der Waals surface area contributed by atoms with Crippen LogP contribution in [0.25, 0.3) is 77.2 Å². The summed E-state index contributed by atoms with van der Waals surface area (Å²) in [6.07, 6.45) is 0. The molecule has 0 saturated carbocycles. The van der Waals surface area contributed by atoms with Crippen LogP contribution < -0.4 is 4.90 Å². The molecule has 2 nitrogen and oxygen atoms in total. The van der Waals surface area contributed by atoms with E-state index in [0.717, 1.165) is 44.6 Å². The van der Waals surface area contributed by atoms with Gasteiger partial charge in [-0.15, -0.1) is 0 Å². The largest absolute Gasteiger partial charge is 0.456 e. The standard InChI is InChI=1S/C52H35NO/c1-5-15-36(16-6-1)40-33-41(37-17-7-2-8-18-37)35-44(34-40)53(42-21-11-4-12-22-42)43-29-27-39(28-30-43)45-23-13-25-48-47(45)31-32-50-52(48)51-46(24-14-26-49(51)54-50)38-19-9-3-10-20-38/h1-35H. The van der Waals surface area contributed by atoms with Gasteiger partial charge in [-0.3, -0.25) is 0 Å². The molecule has 0 aliphatic heterocycles. The second kappa shape index (κ2) is 13.4. The maximum absolute atomic E-state index is 6.46. The molecule has 1 aromatic heterocycles. The van der Waals surface area contributed by atoms with E-state index in [9.17, 15) is 0 Å². The molecule has 0 amide bonds. The van der Waals surface area contributed by atoms with E-state index in [-0.39, 0.29) is 0 Å². The van der Waals surface area contributed by atoms with Crippen molar-refractivity contribution in [3.05, 3.63) is 212 Å². The third kappa shape index (κ3) is 5.62. The van der Waals surface area contributed by atoms with Crippen molar-refractivity contribution in [3.63, 3.8) is 0 Å². The highest BCUT2D eigenvalue weighted by molar-refractivity contribution is 6.24. The van der Waals surface area contributed by atoms with Crippen LogP contribution in [0.4, 0.5) is 17.1 Å². The summed E-state index contributed by atoms with van der Waals surface area (Å²) in [5.41, 5.74) is 14.5. The fraction of sp³-hybridized carbons (Fsp3) is 0. The molecule has 0 saturated heterocycles. The van der Waals surface area contributed by atoms with Crippen molar-refractivity contribution in [2.24, 2.45) is 0 Å². The Kier molecular flexibility index (Phi) is 7.85. The molecule has 0 N–H and O–H groups in total. The molecule has 1 heterocycles. The van der Waals surface area contributed by atoms with Crippen molar-refractivity contribution in [2.45, 2.75) is 0 Å². The Morgan fingerprint density at radius 2 is 0.796 bits per heavy atom. The Labute approximate surface area is 314 Å². The molecule has 0 fully saturated rings. The first-order valence-corrected chi connectivity index (χ1v) is 18.4. The number of hydrogen-bond acceptors (Lipinski definition) is 2. The summed E-state index contributed by atoms with van der Waals surface area (Å²) in [5.74, 6) is 0. The van der Waals surface area contributed by atoms with Crippen LogP contribution in [-0.4, -0.2) is 0 Å². The molecule has 0 atom stereocenters. The molecule has 9 aromatic carbocycles. The molecule has 0 radical (unpaired) electrons. The van der Waals surface area contributed by atoms with Gasteiger partial charge in [-0.1, -0.05) is 158 Å². The Morgan fingerprint density at radius 3 is 1.44 bits per heavy atom. The lowest BCUT2D eigenvalue weighted by molar-refractivity contribution is 0.669. The molecule has 0 unspecified atom stereocenters. The zero-order valence-electron chi connectivity index (χ0n) is 29.6. The summed E-state index contributed by atoms with van der Waals surface area (Å²) >= 11 is 0. The lowest BCUT2D eigenvalue weighted by atomic mass is 9.93. The molecule has 0 aliphatic carbocycles. The van der Waals surface area contributed by atoms with E-state index >= 15 is 0 Å². The topological polar surface area (TPSA) is 16.4 Å². The van der Waals surface area contributed by atoms with Crippen molar-refractivity contribution in [2.75, 3.05) is 4.90 Å². The zero-order chi connectivity index (χ0) is 35.8. The van der Waals surface area contributed by atoms with Gasteiger partial charge in [0.2, 0.25) is 0 Å². The molecule has 0 aliphatic rings. The van der Waals surface area contributed by atoms with Crippen LogP contribution in [0.3, 0.4) is 0 Å². The minimum atomic E-state index is 0.902. The van der Waals surface area contributed by atoms with Crippen LogP contribution in [0.15, 0.2) is 217 Å². The van der Waals surface area contributed by atoms with Gasteiger partial charge in [0.1, 0.15) is 11.2 Å². The average Bonchev–Trinajstić information content (AvgIpc) is 3.65. The Hall–Kier alpha value is -7.16. The van der Waals surface area contributed by atoms with Crippen molar-refractivity contribution >= 4 is 49.8 Å². The van der Waals surface area contributed by atoms with E-state index in [1.54, 1.807) is 0 Å². The summed E-state index contributed by atoms with van der Waals surface area (Å²) in [6.45, 7) is 0. The van der Waals surface area contributed by atoms with E-state index in [1.165, 1.54) is 49.7 Å². The average molecular weight is 690 g/mol. The normalized spacial score (nSPS) is 11.3. The fourth-order valence-corrected chi connectivity index (χ4v) is 7.93. The monoisotopic (exact) mass is 689 g/mol. The molecule has 54 heavy (non-hydrogen) atoms. The Morgan fingerprint density at radius 1 is 0.278 bits per heavy atom. The second-order valence-corrected chi connectivity index (χ2v) is 13.7. The lowest BCUT2D eigenvalue weighted by Crippen LogP contribution is -2.10. The van der Waals surface area contributed by atoms with Gasteiger partial charge in [-0.05, 0) is 110 Å². The number of nitrogens with zero attached hydrogens (tertiary/aromatic N) is 1. The highest BCUT2D eigenvalue weighted by Gasteiger charge is 2.18. The maximum atomic E-state index is 6.46. The molecule has 0 spiro atoms. The third-order valence-electron chi connectivity index (χ3n) is 10.4. The number of fused-ring (bicyclic) bond motifs is 5. The molecule has 0 bridgehead atoms. The van der Waals surface area contributed by atoms with Crippen LogP contribution in [0, 0.1) is 0 Å². The van der Waals surface area contributed by atoms with Gasteiger partial charge in [0.05, 0.1) is 0 Å². The first-order chi connectivity index (χ1) is 26.8. The van der Waals surface area contributed by atoms with Gasteiger partial charge in [-0.2, -0.15) is 0 Å². The molecule has 10 aromatic rings. The van der Waals surface area contributed by atoms with E-state index in [4.69, 9.17) is 4.42 Å². The number of rotatable bonds is 7. The number of para-hydroxylation sites is 1. The first-order valence-electron chi connectivity index (χ1n) is 18.4. The highest BCUT2D eigenvalue weighted by Crippen LogP contribution is 2.44. The van der Waals surface area contributed by atoms with Gasteiger partial charge < -0.3 is 9.32 Å². The zero-order valence-corrected chi connectivity index (χ0v) is 29.6. The fourth-order valence-electron chi connectivity index (χ4n) is 7.93. The van der Waals surface area contributed by atoms with Gasteiger partial charge in [0.25, 0.3) is 0 Å². The summed E-state index contributed by atoms with van der Waals surface area (Å²) in [4.78, 5) is 2.36. The van der Waals surface area contributed by atoms with E-state index in [0.29, 0.717) is 0 Å². The number of furan rings is 1. The van der Waals surface area contributed by atoms with E-state index in [2.05, 4.69) is 217 Å². The molecule has 10 rings (SSSR count). The summed E-state index contributed by atoms with van der Waals surface area (Å²) in [6, 6.07) is 75.8. The summed E-state index contributed by atoms with van der Waals surface area (Å²) in [7, 11) is 0. The Bertz CT molecular complexity index is 2840. The van der Waals surface area contributed by atoms with E-state index < -0.39 is 0 Å². The number of benzene rings is 9. The lowest BCUT2D eigenvalue weighted by Gasteiger charge is -2.27. The van der Waals surface area contributed by atoms with Crippen LogP contribution in [0.1, 0.15) is 0 Å². The first kappa shape index (κ1) is 31.6.